The molecule has 0 bridgehead atoms. The van der Waals surface area contributed by atoms with Gasteiger partial charge in [0.05, 0.1) is 10.0 Å². The first kappa shape index (κ1) is 14.4. The second-order valence-corrected chi connectivity index (χ2v) is 5.70. The molecule has 1 atom stereocenters. The van der Waals surface area contributed by atoms with Crippen molar-refractivity contribution in [1.29, 1.82) is 0 Å². The third-order valence-corrected chi connectivity index (χ3v) is 4.01. The minimum Gasteiger partial charge on any atom is -0.384 e. The Labute approximate surface area is 123 Å². The van der Waals surface area contributed by atoms with Crippen LogP contribution in [0.2, 0.25) is 10.0 Å². The molecule has 0 aliphatic carbocycles. The van der Waals surface area contributed by atoms with Gasteiger partial charge in [-0.3, -0.25) is 0 Å². The Kier molecular flexibility index (Phi) is 4.19. The van der Waals surface area contributed by atoms with Crippen LogP contribution in [0.1, 0.15) is 33.9 Å². The number of benzene rings is 2. The van der Waals surface area contributed by atoms with Crippen molar-refractivity contribution >= 4 is 23.2 Å². The fourth-order valence-electron chi connectivity index (χ4n) is 2.47. The van der Waals surface area contributed by atoms with E-state index in [2.05, 4.69) is 19.1 Å². The van der Waals surface area contributed by atoms with Crippen molar-refractivity contribution in [3.63, 3.8) is 0 Å². The molecule has 0 fully saturated rings. The lowest BCUT2D eigenvalue weighted by Crippen LogP contribution is -2.05. The molecule has 0 radical (unpaired) electrons. The Morgan fingerprint density at radius 2 is 1.47 bits per heavy atom. The van der Waals surface area contributed by atoms with E-state index >= 15 is 0 Å². The number of aryl methyl sites for hydroxylation is 3. The van der Waals surface area contributed by atoms with E-state index in [1.54, 1.807) is 18.2 Å². The molecule has 0 amide bonds. The summed E-state index contributed by atoms with van der Waals surface area (Å²) in [5, 5.41) is 11.5. The van der Waals surface area contributed by atoms with E-state index in [1.165, 1.54) is 5.56 Å². The van der Waals surface area contributed by atoms with E-state index in [1.807, 2.05) is 13.8 Å². The molecule has 1 nitrogen and oxygen atoms in total. The van der Waals surface area contributed by atoms with Gasteiger partial charge in [0.1, 0.15) is 6.10 Å². The van der Waals surface area contributed by atoms with Crippen molar-refractivity contribution in [2.24, 2.45) is 0 Å². The van der Waals surface area contributed by atoms with Gasteiger partial charge in [-0.05, 0) is 55.2 Å². The van der Waals surface area contributed by atoms with Crippen LogP contribution < -0.4 is 0 Å². The maximum atomic E-state index is 10.6. The van der Waals surface area contributed by atoms with Crippen molar-refractivity contribution < 1.29 is 5.11 Å². The molecule has 2 aromatic carbocycles. The lowest BCUT2D eigenvalue weighted by atomic mass is 9.92. The average Bonchev–Trinajstić information content (AvgIpc) is 2.31. The SMILES string of the molecule is Cc1cc(C)c(C(O)c2ccc(Cl)c(Cl)c2)c(C)c1. The van der Waals surface area contributed by atoms with Gasteiger partial charge in [0.15, 0.2) is 0 Å². The van der Waals surface area contributed by atoms with Crippen molar-refractivity contribution in [2.75, 3.05) is 0 Å². The summed E-state index contributed by atoms with van der Waals surface area (Å²) in [5.41, 5.74) is 5.04. The number of hydrogen-bond acceptors (Lipinski definition) is 1. The Morgan fingerprint density at radius 1 is 0.895 bits per heavy atom. The summed E-state index contributed by atoms with van der Waals surface area (Å²) in [7, 11) is 0. The van der Waals surface area contributed by atoms with E-state index in [0.717, 1.165) is 22.3 Å². The normalized spacial score (nSPS) is 12.5. The van der Waals surface area contributed by atoms with Gasteiger partial charge in [-0.1, -0.05) is 47.0 Å². The topological polar surface area (TPSA) is 20.2 Å². The van der Waals surface area contributed by atoms with Crippen LogP contribution in [0.5, 0.6) is 0 Å². The molecule has 3 heteroatoms. The molecular weight excluding hydrogens is 279 g/mol. The number of hydrogen-bond donors (Lipinski definition) is 1. The molecular formula is C16H16Cl2O. The summed E-state index contributed by atoms with van der Waals surface area (Å²) in [4.78, 5) is 0. The largest absolute Gasteiger partial charge is 0.384 e. The maximum absolute atomic E-state index is 10.6. The van der Waals surface area contributed by atoms with Gasteiger partial charge in [-0.15, -0.1) is 0 Å². The zero-order valence-electron chi connectivity index (χ0n) is 11.2. The third-order valence-electron chi connectivity index (χ3n) is 3.27. The van der Waals surface area contributed by atoms with Crippen molar-refractivity contribution in [3.05, 3.63) is 68.2 Å². The van der Waals surface area contributed by atoms with Crippen LogP contribution in [0.3, 0.4) is 0 Å². The number of rotatable bonds is 2. The molecule has 19 heavy (non-hydrogen) atoms. The van der Waals surface area contributed by atoms with Crippen molar-refractivity contribution in [2.45, 2.75) is 26.9 Å². The summed E-state index contributed by atoms with van der Waals surface area (Å²) in [5.74, 6) is 0. The second-order valence-electron chi connectivity index (χ2n) is 4.89. The highest BCUT2D eigenvalue weighted by atomic mass is 35.5. The van der Waals surface area contributed by atoms with Crippen LogP contribution in [-0.4, -0.2) is 5.11 Å². The zero-order chi connectivity index (χ0) is 14.2. The fourth-order valence-corrected chi connectivity index (χ4v) is 2.78. The Morgan fingerprint density at radius 3 is 2.00 bits per heavy atom. The highest BCUT2D eigenvalue weighted by Crippen LogP contribution is 2.32. The van der Waals surface area contributed by atoms with Crippen molar-refractivity contribution in [1.82, 2.24) is 0 Å². The molecule has 1 N–H and O–H groups in total. The second kappa shape index (κ2) is 5.54. The molecule has 1 unspecified atom stereocenters. The highest BCUT2D eigenvalue weighted by Gasteiger charge is 2.16. The molecule has 0 aliphatic rings. The smallest absolute Gasteiger partial charge is 0.105 e. The molecule has 2 aromatic rings. The molecule has 2 rings (SSSR count). The average molecular weight is 295 g/mol. The van der Waals surface area contributed by atoms with Gasteiger partial charge in [0.25, 0.3) is 0 Å². The van der Waals surface area contributed by atoms with E-state index in [9.17, 15) is 5.11 Å². The third kappa shape index (κ3) is 2.94. The Hall–Kier alpha value is -1.02. The number of aliphatic hydroxyl groups is 1. The quantitative estimate of drug-likeness (QED) is 0.826. The van der Waals surface area contributed by atoms with Crippen molar-refractivity contribution in [3.8, 4) is 0 Å². The van der Waals surface area contributed by atoms with Gasteiger partial charge in [0.2, 0.25) is 0 Å². The Balaban J connectivity index is 2.49. The minimum atomic E-state index is -0.685. The first-order chi connectivity index (χ1) is 8.90. The molecule has 0 saturated heterocycles. The summed E-state index contributed by atoms with van der Waals surface area (Å²) in [6, 6.07) is 9.37. The minimum absolute atomic E-state index is 0.459. The van der Waals surface area contributed by atoms with Crippen LogP contribution in [0.15, 0.2) is 30.3 Å². The summed E-state index contributed by atoms with van der Waals surface area (Å²) < 4.78 is 0. The molecule has 0 aliphatic heterocycles. The van der Waals surface area contributed by atoms with Crippen LogP contribution in [0, 0.1) is 20.8 Å². The molecule has 0 spiro atoms. The van der Waals surface area contributed by atoms with Gasteiger partial charge in [-0.2, -0.15) is 0 Å². The Bertz CT molecular complexity index is 597. The van der Waals surface area contributed by atoms with E-state index in [0.29, 0.717) is 10.0 Å². The maximum Gasteiger partial charge on any atom is 0.105 e. The zero-order valence-corrected chi connectivity index (χ0v) is 12.7. The predicted molar refractivity (Wildman–Crippen MR) is 81.2 cm³/mol. The monoisotopic (exact) mass is 294 g/mol. The van der Waals surface area contributed by atoms with Crippen LogP contribution in [0.4, 0.5) is 0 Å². The van der Waals surface area contributed by atoms with Crippen LogP contribution in [0.25, 0.3) is 0 Å². The highest BCUT2D eigenvalue weighted by molar-refractivity contribution is 6.42. The first-order valence-corrected chi connectivity index (χ1v) is 6.86. The summed E-state index contributed by atoms with van der Waals surface area (Å²) in [6.07, 6.45) is -0.685. The standard InChI is InChI=1S/C16H16Cl2O/c1-9-6-10(2)15(11(3)7-9)16(19)12-4-5-13(17)14(18)8-12/h4-8,16,19H,1-3H3. The van der Waals surface area contributed by atoms with Gasteiger partial charge in [0, 0.05) is 0 Å². The summed E-state index contributed by atoms with van der Waals surface area (Å²) >= 11 is 11.9. The molecule has 0 saturated carbocycles. The van der Waals surface area contributed by atoms with Crippen LogP contribution in [-0.2, 0) is 0 Å². The van der Waals surface area contributed by atoms with E-state index < -0.39 is 6.10 Å². The van der Waals surface area contributed by atoms with Gasteiger partial charge in [-0.25, -0.2) is 0 Å². The van der Waals surface area contributed by atoms with E-state index in [-0.39, 0.29) is 0 Å². The number of halogens is 2. The summed E-state index contributed by atoms with van der Waals surface area (Å²) in [6.45, 7) is 6.07. The van der Waals surface area contributed by atoms with E-state index in [4.69, 9.17) is 23.2 Å². The molecule has 0 heterocycles. The molecule has 0 aromatic heterocycles. The van der Waals surface area contributed by atoms with Gasteiger partial charge < -0.3 is 5.11 Å². The first-order valence-electron chi connectivity index (χ1n) is 6.11. The lowest BCUT2D eigenvalue weighted by molar-refractivity contribution is 0.219. The predicted octanol–water partition coefficient (Wildman–Crippen LogP) is 5.00. The van der Waals surface area contributed by atoms with Gasteiger partial charge >= 0.3 is 0 Å². The lowest BCUT2D eigenvalue weighted by Gasteiger charge is -2.18. The number of aliphatic hydroxyl groups excluding tert-OH is 1. The fraction of sp³-hybridized carbons (Fsp3) is 0.250. The molecule has 100 valence electrons. The van der Waals surface area contributed by atoms with Crippen LogP contribution >= 0.6 is 23.2 Å².